The summed E-state index contributed by atoms with van der Waals surface area (Å²) < 4.78 is 16.1. The number of halogens is 2. The molecule has 27 heavy (non-hydrogen) atoms. The molecule has 2 aromatic rings. The summed E-state index contributed by atoms with van der Waals surface area (Å²) in [4.78, 5) is 23.6. The lowest BCUT2D eigenvalue weighted by molar-refractivity contribution is -0.142. The van der Waals surface area contributed by atoms with Crippen molar-refractivity contribution in [3.8, 4) is 11.5 Å². The van der Waals surface area contributed by atoms with Gasteiger partial charge in [-0.3, -0.25) is 4.79 Å². The highest BCUT2D eigenvalue weighted by atomic mass is 79.9. The summed E-state index contributed by atoms with van der Waals surface area (Å²) in [5.74, 6) is -0.260. The minimum atomic E-state index is -0.662. The first-order valence-corrected chi connectivity index (χ1v) is 8.92. The van der Waals surface area contributed by atoms with Crippen LogP contribution in [0.3, 0.4) is 0 Å². The minimum Gasteiger partial charge on any atom is -0.493 e. The van der Waals surface area contributed by atoms with Crippen LogP contribution in [0, 0.1) is 0 Å². The van der Waals surface area contributed by atoms with Gasteiger partial charge in [0.25, 0.3) is 5.91 Å². The maximum atomic E-state index is 11.8. The molecule has 2 aromatic carbocycles. The van der Waals surface area contributed by atoms with E-state index in [1.807, 2.05) is 6.07 Å². The van der Waals surface area contributed by atoms with E-state index in [0.29, 0.717) is 27.8 Å². The molecule has 0 saturated heterocycles. The SMILES string of the molecule is COc1cc(/C=C/C(=O)OCC(=O)Nc2cccc(Br)c2)cc(Cl)c1OC. The zero-order chi connectivity index (χ0) is 19.8. The van der Waals surface area contributed by atoms with Gasteiger partial charge in [-0.1, -0.05) is 33.6 Å². The van der Waals surface area contributed by atoms with E-state index < -0.39 is 18.5 Å². The fraction of sp³-hybridized carbons (Fsp3) is 0.158. The van der Waals surface area contributed by atoms with Crippen molar-refractivity contribution in [1.29, 1.82) is 0 Å². The standard InChI is InChI=1S/C19H17BrClNO5/c1-25-16-9-12(8-15(21)19(16)26-2)6-7-18(24)27-11-17(23)22-14-5-3-4-13(20)10-14/h3-10H,11H2,1-2H3,(H,22,23)/b7-6+. The Labute approximate surface area is 170 Å². The zero-order valence-corrected chi connectivity index (χ0v) is 17.0. The second-order valence-electron chi connectivity index (χ2n) is 5.24. The molecule has 0 atom stereocenters. The quantitative estimate of drug-likeness (QED) is 0.498. The van der Waals surface area contributed by atoms with Crippen molar-refractivity contribution in [3.05, 3.63) is 57.5 Å². The number of methoxy groups -OCH3 is 2. The third kappa shape index (κ3) is 6.30. The molecule has 8 heteroatoms. The van der Waals surface area contributed by atoms with Gasteiger partial charge in [0.1, 0.15) is 0 Å². The van der Waals surface area contributed by atoms with Gasteiger partial charge in [-0.2, -0.15) is 0 Å². The Kier molecular flexibility index (Phi) is 7.69. The van der Waals surface area contributed by atoms with Crippen LogP contribution in [0.15, 0.2) is 46.9 Å². The molecule has 0 unspecified atom stereocenters. The van der Waals surface area contributed by atoms with Gasteiger partial charge >= 0.3 is 5.97 Å². The molecule has 1 N–H and O–H groups in total. The van der Waals surface area contributed by atoms with Crippen LogP contribution < -0.4 is 14.8 Å². The average Bonchev–Trinajstić information content (AvgIpc) is 2.64. The van der Waals surface area contributed by atoms with Gasteiger partial charge in [-0.25, -0.2) is 4.79 Å². The largest absolute Gasteiger partial charge is 0.493 e. The second-order valence-corrected chi connectivity index (χ2v) is 6.56. The highest BCUT2D eigenvalue weighted by molar-refractivity contribution is 9.10. The number of rotatable bonds is 7. The van der Waals surface area contributed by atoms with E-state index >= 15 is 0 Å². The molecule has 0 aliphatic heterocycles. The lowest BCUT2D eigenvalue weighted by atomic mass is 10.2. The highest BCUT2D eigenvalue weighted by Crippen LogP contribution is 2.36. The van der Waals surface area contributed by atoms with Crippen molar-refractivity contribution in [2.45, 2.75) is 0 Å². The van der Waals surface area contributed by atoms with Crippen LogP contribution in [0.1, 0.15) is 5.56 Å². The van der Waals surface area contributed by atoms with Crippen molar-refractivity contribution < 1.29 is 23.8 Å². The summed E-state index contributed by atoms with van der Waals surface area (Å²) in [7, 11) is 2.97. The molecule has 0 heterocycles. The first kappa shape index (κ1) is 20.8. The van der Waals surface area contributed by atoms with E-state index in [0.717, 1.165) is 4.47 Å². The molecule has 1 amide bonds. The molecule has 142 valence electrons. The Morgan fingerprint density at radius 2 is 1.96 bits per heavy atom. The number of anilines is 1. The third-order valence-corrected chi connectivity index (χ3v) is 4.10. The summed E-state index contributed by atoms with van der Waals surface area (Å²) in [5, 5.41) is 2.97. The van der Waals surface area contributed by atoms with E-state index in [-0.39, 0.29) is 0 Å². The first-order valence-electron chi connectivity index (χ1n) is 7.74. The minimum absolute atomic E-state index is 0.346. The number of ether oxygens (including phenoxy) is 3. The number of amides is 1. The number of hydrogen-bond acceptors (Lipinski definition) is 5. The molecule has 0 spiro atoms. The molecular formula is C19H17BrClNO5. The monoisotopic (exact) mass is 453 g/mol. The number of benzene rings is 2. The lowest BCUT2D eigenvalue weighted by Gasteiger charge is -2.10. The molecule has 0 aliphatic rings. The van der Waals surface area contributed by atoms with E-state index in [2.05, 4.69) is 21.2 Å². The van der Waals surface area contributed by atoms with Gasteiger partial charge in [0, 0.05) is 16.2 Å². The maximum Gasteiger partial charge on any atom is 0.331 e. The van der Waals surface area contributed by atoms with E-state index in [1.54, 1.807) is 30.3 Å². The van der Waals surface area contributed by atoms with Crippen LogP contribution >= 0.6 is 27.5 Å². The molecule has 0 aromatic heterocycles. The molecule has 0 saturated carbocycles. The summed E-state index contributed by atoms with van der Waals surface area (Å²) in [6.45, 7) is -0.400. The summed E-state index contributed by atoms with van der Waals surface area (Å²) in [6, 6.07) is 10.4. The Morgan fingerprint density at radius 3 is 2.63 bits per heavy atom. The predicted octanol–water partition coefficient (Wildman–Crippen LogP) is 4.31. The fourth-order valence-corrected chi connectivity index (χ4v) is 2.84. The van der Waals surface area contributed by atoms with Crippen LogP contribution in [-0.2, 0) is 14.3 Å². The lowest BCUT2D eigenvalue weighted by Crippen LogP contribution is -2.20. The predicted molar refractivity (Wildman–Crippen MR) is 107 cm³/mol. The Hall–Kier alpha value is -2.51. The summed E-state index contributed by atoms with van der Waals surface area (Å²) >= 11 is 9.42. The van der Waals surface area contributed by atoms with Gasteiger partial charge < -0.3 is 19.5 Å². The molecule has 2 rings (SSSR count). The fourth-order valence-electron chi connectivity index (χ4n) is 2.15. The van der Waals surface area contributed by atoms with Crippen molar-refractivity contribution in [2.75, 3.05) is 26.1 Å². The molecule has 0 aliphatic carbocycles. The average molecular weight is 455 g/mol. The molecule has 0 radical (unpaired) electrons. The van der Waals surface area contributed by atoms with Gasteiger partial charge in [0.2, 0.25) is 0 Å². The summed E-state index contributed by atoms with van der Waals surface area (Å²) in [5.41, 5.74) is 1.22. The molecule has 6 nitrogen and oxygen atoms in total. The molecule has 0 bridgehead atoms. The van der Waals surface area contributed by atoms with Crippen LogP contribution in [0.2, 0.25) is 5.02 Å². The second kappa shape index (κ2) is 9.99. The van der Waals surface area contributed by atoms with Crippen LogP contribution in [0.4, 0.5) is 5.69 Å². The topological polar surface area (TPSA) is 73.9 Å². The normalized spacial score (nSPS) is 10.5. The number of hydrogen-bond donors (Lipinski definition) is 1. The molecule has 0 fully saturated rings. The van der Waals surface area contributed by atoms with E-state index in [4.69, 9.17) is 25.8 Å². The van der Waals surface area contributed by atoms with Gasteiger partial charge in [0.15, 0.2) is 18.1 Å². The van der Waals surface area contributed by atoms with Crippen LogP contribution in [-0.4, -0.2) is 32.7 Å². The number of carbonyl (C=O) groups excluding carboxylic acids is 2. The third-order valence-electron chi connectivity index (χ3n) is 3.32. The summed E-state index contributed by atoms with van der Waals surface area (Å²) in [6.07, 6.45) is 2.70. The van der Waals surface area contributed by atoms with Crippen molar-refractivity contribution in [3.63, 3.8) is 0 Å². The van der Waals surface area contributed by atoms with E-state index in [9.17, 15) is 9.59 Å². The van der Waals surface area contributed by atoms with Gasteiger partial charge in [-0.05, 0) is 42.0 Å². The van der Waals surface area contributed by atoms with Crippen molar-refractivity contribution in [2.24, 2.45) is 0 Å². The highest BCUT2D eigenvalue weighted by Gasteiger charge is 2.10. The number of nitrogens with one attached hydrogen (secondary N) is 1. The van der Waals surface area contributed by atoms with Crippen molar-refractivity contribution >= 4 is 51.2 Å². The zero-order valence-electron chi connectivity index (χ0n) is 14.6. The first-order chi connectivity index (χ1) is 12.9. The van der Waals surface area contributed by atoms with E-state index in [1.165, 1.54) is 26.4 Å². The smallest absolute Gasteiger partial charge is 0.331 e. The molecular weight excluding hydrogens is 438 g/mol. The van der Waals surface area contributed by atoms with Gasteiger partial charge in [-0.15, -0.1) is 0 Å². The Morgan fingerprint density at radius 1 is 1.19 bits per heavy atom. The van der Waals surface area contributed by atoms with Crippen LogP contribution in [0.25, 0.3) is 6.08 Å². The number of esters is 1. The Bertz CT molecular complexity index is 869. The number of carbonyl (C=O) groups is 2. The van der Waals surface area contributed by atoms with Crippen molar-refractivity contribution in [1.82, 2.24) is 0 Å². The Balaban J connectivity index is 1.91. The van der Waals surface area contributed by atoms with Crippen LogP contribution in [0.5, 0.6) is 11.5 Å². The van der Waals surface area contributed by atoms with Gasteiger partial charge in [0.05, 0.1) is 19.2 Å². The maximum absolute atomic E-state index is 11.8.